The molecule has 0 radical (unpaired) electrons. The minimum absolute atomic E-state index is 0.250. The number of hydrogen-bond acceptors (Lipinski definition) is 2. The molecule has 2 unspecified atom stereocenters. The zero-order chi connectivity index (χ0) is 10.4. The fraction of sp³-hybridized carbons (Fsp3) is 0.615. The van der Waals surface area contributed by atoms with Crippen LogP contribution in [0.4, 0.5) is 0 Å². The van der Waals surface area contributed by atoms with Crippen molar-refractivity contribution in [1.82, 2.24) is 0 Å². The van der Waals surface area contributed by atoms with Gasteiger partial charge in [0.1, 0.15) is 5.76 Å². The Kier molecular flexibility index (Phi) is 1.98. The van der Waals surface area contributed by atoms with Crippen LogP contribution in [-0.2, 0) is 0 Å². The molecule has 80 valence electrons. The lowest BCUT2D eigenvalue weighted by Gasteiger charge is -2.04. The Labute approximate surface area is 89.7 Å². The van der Waals surface area contributed by atoms with E-state index >= 15 is 0 Å². The van der Waals surface area contributed by atoms with Crippen LogP contribution >= 0.6 is 0 Å². The van der Waals surface area contributed by atoms with Crippen LogP contribution in [0.1, 0.15) is 42.0 Å². The number of rotatable bonds is 2. The predicted molar refractivity (Wildman–Crippen MR) is 56.7 cm³/mol. The standard InChI is InChI=1S/C13H16O2/c1-8-6-7-11(15-8)13(14)12-9-4-2-3-5-10(9)12/h6-7,9-10,12H,2-5H2,1H3. The van der Waals surface area contributed by atoms with Crippen molar-refractivity contribution in [3.8, 4) is 0 Å². The molecule has 3 rings (SSSR count). The SMILES string of the molecule is Cc1ccc(C(=O)C2C3CCCCC32)o1. The molecule has 2 aliphatic carbocycles. The van der Waals surface area contributed by atoms with Gasteiger partial charge in [-0.2, -0.15) is 0 Å². The van der Waals surface area contributed by atoms with Crippen LogP contribution in [0, 0.1) is 24.7 Å². The van der Waals surface area contributed by atoms with E-state index in [9.17, 15) is 4.79 Å². The monoisotopic (exact) mass is 204 g/mol. The molecule has 0 aliphatic heterocycles. The molecule has 0 bridgehead atoms. The summed E-state index contributed by atoms with van der Waals surface area (Å²) in [5.74, 6) is 3.31. The highest BCUT2D eigenvalue weighted by molar-refractivity contribution is 5.97. The summed E-state index contributed by atoms with van der Waals surface area (Å²) in [5, 5.41) is 0. The highest BCUT2D eigenvalue weighted by Gasteiger charge is 2.55. The van der Waals surface area contributed by atoms with Crippen molar-refractivity contribution < 1.29 is 9.21 Å². The average molecular weight is 204 g/mol. The van der Waals surface area contributed by atoms with Gasteiger partial charge in [0.05, 0.1) is 0 Å². The lowest BCUT2D eigenvalue weighted by Crippen LogP contribution is -2.02. The van der Waals surface area contributed by atoms with Gasteiger partial charge in [0.25, 0.3) is 0 Å². The molecule has 0 saturated heterocycles. The van der Waals surface area contributed by atoms with Crippen LogP contribution in [0.3, 0.4) is 0 Å². The number of Topliss-reactive ketones (excluding diaryl/α,β-unsaturated/α-hetero) is 1. The molecule has 2 atom stereocenters. The van der Waals surface area contributed by atoms with E-state index in [4.69, 9.17) is 4.42 Å². The molecule has 2 nitrogen and oxygen atoms in total. The van der Waals surface area contributed by atoms with Crippen molar-refractivity contribution in [2.24, 2.45) is 17.8 Å². The molecule has 1 aromatic heterocycles. The summed E-state index contributed by atoms with van der Waals surface area (Å²) < 4.78 is 5.40. The van der Waals surface area contributed by atoms with Crippen molar-refractivity contribution >= 4 is 5.78 Å². The van der Waals surface area contributed by atoms with E-state index in [-0.39, 0.29) is 11.7 Å². The number of carbonyl (C=O) groups is 1. The van der Waals surface area contributed by atoms with Crippen molar-refractivity contribution in [2.75, 3.05) is 0 Å². The lowest BCUT2D eigenvalue weighted by molar-refractivity contribution is 0.0927. The maximum atomic E-state index is 12.1. The van der Waals surface area contributed by atoms with Crippen molar-refractivity contribution in [3.63, 3.8) is 0 Å². The molecule has 2 aliphatic rings. The predicted octanol–water partition coefficient (Wildman–Crippen LogP) is 3.21. The summed E-state index contributed by atoms with van der Waals surface area (Å²) >= 11 is 0. The first-order valence-electron chi connectivity index (χ1n) is 5.88. The molecule has 2 fully saturated rings. The lowest BCUT2D eigenvalue weighted by atomic mass is 10.0. The van der Waals surface area contributed by atoms with Crippen molar-refractivity contribution in [2.45, 2.75) is 32.6 Å². The molecule has 2 heteroatoms. The molecular formula is C13H16O2. The third-order valence-corrected chi connectivity index (χ3v) is 3.94. The van der Waals surface area contributed by atoms with Gasteiger partial charge >= 0.3 is 0 Å². The number of furan rings is 1. The van der Waals surface area contributed by atoms with E-state index in [1.807, 2.05) is 19.1 Å². The molecule has 2 saturated carbocycles. The second kappa shape index (κ2) is 3.22. The first-order chi connectivity index (χ1) is 7.27. The fourth-order valence-electron chi connectivity index (χ4n) is 3.11. The van der Waals surface area contributed by atoms with Crippen LogP contribution < -0.4 is 0 Å². The van der Waals surface area contributed by atoms with Gasteiger partial charge in [-0.15, -0.1) is 0 Å². The van der Waals surface area contributed by atoms with Crippen LogP contribution in [0.5, 0.6) is 0 Å². The first-order valence-corrected chi connectivity index (χ1v) is 5.88. The number of hydrogen-bond donors (Lipinski definition) is 0. The largest absolute Gasteiger partial charge is 0.458 e. The Morgan fingerprint density at radius 1 is 1.27 bits per heavy atom. The summed E-state index contributed by atoms with van der Waals surface area (Å²) in [4.78, 5) is 12.1. The maximum Gasteiger partial charge on any atom is 0.201 e. The van der Waals surface area contributed by atoms with Gasteiger partial charge in [-0.05, 0) is 43.7 Å². The zero-order valence-electron chi connectivity index (χ0n) is 9.03. The van der Waals surface area contributed by atoms with Crippen LogP contribution in [-0.4, -0.2) is 5.78 Å². The number of ketones is 1. The quantitative estimate of drug-likeness (QED) is 0.692. The maximum absolute atomic E-state index is 12.1. The topological polar surface area (TPSA) is 30.2 Å². The molecule has 1 heterocycles. The van der Waals surface area contributed by atoms with Crippen molar-refractivity contribution in [1.29, 1.82) is 0 Å². The first kappa shape index (κ1) is 9.20. The molecule has 0 spiro atoms. The smallest absolute Gasteiger partial charge is 0.201 e. The third kappa shape index (κ3) is 1.43. The van der Waals surface area contributed by atoms with Gasteiger partial charge in [-0.3, -0.25) is 4.79 Å². The minimum atomic E-state index is 0.250. The number of carbonyl (C=O) groups excluding carboxylic acids is 1. The molecule has 1 aromatic rings. The van der Waals surface area contributed by atoms with E-state index in [1.54, 1.807) is 0 Å². The summed E-state index contributed by atoms with van der Waals surface area (Å²) in [6.45, 7) is 1.89. The number of aryl methyl sites for hydroxylation is 1. The Balaban J connectivity index is 1.76. The van der Waals surface area contributed by atoms with E-state index in [0.29, 0.717) is 17.6 Å². The highest BCUT2D eigenvalue weighted by atomic mass is 16.3. The normalized spacial score (nSPS) is 33.5. The van der Waals surface area contributed by atoms with Gasteiger partial charge in [-0.25, -0.2) is 0 Å². The molecule has 15 heavy (non-hydrogen) atoms. The Hall–Kier alpha value is -1.05. The van der Waals surface area contributed by atoms with Gasteiger partial charge in [0, 0.05) is 5.92 Å². The van der Waals surface area contributed by atoms with Crippen LogP contribution in [0.25, 0.3) is 0 Å². The van der Waals surface area contributed by atoms with E-state index < -0.39 is 0 Å². The minimum Gasteiger partial charge on any atom is -0.458 e. The number of fused-ring (bicyclic) bond motifs is 1. The van der Waals surface area contributed by atoms with E-state index in [1.165, 1.54) is 25.7 Å². The summed E-state index contributed by atoms with van der Waals surface area (Å²) in [7, 11) is 0. The second-order valence-electron chi connectivity index (χ2n) is 4.91. The highest BCUT2D eigenvalue weighted by Crippen LogP contribution is 2.56. The van der Waals surface area contributed by atoms with Gasteiger partial charge < -0.3 is 4.42 Å². The second-order valence-corrected chi connectivity index (χ2v) is 4.91. The Morgan fingerprint density at radius 3 is 2.47 bits per heavy atom. The van der Waals surface area contributed by atoms with Gasteiger partial charge in [-0.1, -0.05) is 12.8 Å². The Bertz CT molecular complexity index is 379. The third-order valence-electron chi connectivity index (χ3n) is 3.94. The molecule has 0 N–H and O–H groups in total. The molecule has 0 aromatic carbocycles. The Morgan fingerprint density at radius 2 is 1.93 bits per heavy atom. The summed E-state index contributed by atoms with van der Waals surface area (Å²) in [5.41, 5.74) is 0. The summed E-state index contributed by atoms with van der Waals surface area (Å²) in [6.07, 6.45) is 5.12. The molecule has 0 amide bonds. The zero-order valence-corrected chi connectivity index (χ0v) is 9.03. The van der Waals surface area contributed by atoms with Gasteiger partial charge in [0.15, 0.2) is 5.76 Å². The van der Waals surface area contributed by atoms with Crippen LogP contribution in [0.2, 0.25) is 0 Å². The van der Waals surface area contributed by atoms with Gasteiger partial charge in [0.2, 0.25) is 5.78 Å². The summed E-state index contributed by atoms with van der Waals surface area (Å²) in [6, 6.07) is 3.70. The van der Waals surface area contributed by atoms with E-state index in [2.05, 4.69) is 0 Å². The fourth-order valence-corrected chi connectivity index (χ4v) is 3.11. The van der Waals surface area contributed by atoms with E-state index in [0.717, 1.165) is 5.76 Å². The molecular weight excluding hydrogens is 188 g/mol. The van der Waals surface area contributed by atoms with Crippen LogP contribution in [0.15, 0.2) is 16.5 Å². The average Bonchev–Trinajstić information content (AvgIpc) is 2.82. The van der Waals surface area contributed by atoms with Crippen molar-refractivity contribution in [3.05, 3.63) is 23.7 Å².